The quantitative estimate of drug-likeness (QED) is 0.415. The van der Waals surface area contributed by atoms with Crippen LogP contribution in [0.5, 0.6) is 11.5 Å². The van der Waals surface area contributed by atoms with E-state index >= 15 is 0 Å². The van der Waals surface area contributed by atoms with Crippen LogP contribution in [0.2, 0.25) is 0 Å². The number of nitrogens with zero attached hydrogens (tertiary/aromatic N) is 2. The van der Waals surface area contributed by atoms with Gasteiger partial charge < -0.3 is 14.8 Å². The molecule has 3 aromatic carbocycles. The molecule has 0 saturated heterocycles. The molecule has 1 N–H and O–H groups in total. The van der Waals surface area contributed by atoms with Crippen molar-refractivity contribution in [1.29, 1.82) is 0 Å². The summed E-state index contributed by atoms with van der Waals surface area (Å²) in [5.74, 6) is 1.05. The van der Waals surface area contributed by atoms with E-state index in [9.17, 15) is 9.59 Å². The van der Waals surface area contributed by atoms with Gasteiger partial charge in [-0.3, -0.25) is 9.59 Å². The molecule has 1 unspecified atom stereocenters. The Kier molecular flexibility index (Phi) is 7.35. The first-order valence-electron chi connectivity index (χ1n) is 10.9. The molecule has 34 heavy (non-hydrogen) atoms. The molecule has 0 fully saturated rings. The van der Waals surface area contributed by atoms with Crippen molar-refractivity contribution in [1.82, 2.24) is 15.1 Å². The first kappa shape index (κ1) is 22.8. The molecule has 0 saturated carbocycles. The van der Waals surface area contributed by atoms with E-state index in [1.807, 2.05) is 84.9 Å². The van der Waals surface area contributed by atoms with Gasteiger partial charge in [-0.25, -0.2) is 4.68 Å². The number of aromatic nitrogens is 2. The smallest absolute Gasteiger partial charge is 0.272 e. The van der Waals surface area contributed by atoms with Gasteiger partial charge in [-0.15, -0.1) is 0 Å². The van der Waals surface area contributed by atoms with Crippen LogP contribution < -0.4 is 20.3 Å². The predicted octanol–water partition coefficient (Wildman–Crippen LogP) is 3.85. The third-order valence-electron chi connectivity index (χ3n) is 5.27. The Morgan fingerprint density at radius 2 is 1.50 bits per heavy atom. The van der Waals surface area contributed by atoms with E-state index < -0.39 is 6.04 Å². The van der Waals surface area contributed by atoms with E-state index in [0.29, 0.717) is 5.75 Å². The third kappa shape index (κ3) is 5.69. The van der Waals surface area contributed by atoms with Gasteiger partial charge in [-0.05, 0) is 41.5 Å². The molecule has 7 nitrogen and oxygen atoms in total. The number of hydrogen-bond donors (Lipinski definition) is 1. The zero-order valence-electron chi connectivity index (χ0n) is 18.8. The summed E-state index contributed by atoms with van der Waals surface area (Å²) in [5, 5.41) is 7.31. The van der Waals surface area contributed by atoms with E-state index in [0.717, 1.165) is 16.9 Å². The second-order valence-corrected chi connectivity index (χ2v) is 7.53. The first-order valence-corrected chi connectivity index (χ1v) is 10.9. The zero-order chi connectivity index (χ0) is 23.8. The lowest BCUT2D eigenvalue weighted by molar-refractivity contribution is 0.0935. The van der Waals surface area contributed by atoms with E-state index in [1.54, 1.807) is 7.11 Å². The zero-order valence-corrected chi connectivity index (χ0v) is 18.8. The van der Waals surface area contributed by atoms with Crippen molar-refractivity contribution >= 4 is 5.91 Å². The number of hydrogen-bond acceptors (Lipinski definition) is 5. The molecule has 0 spiro atoms. The molecule has 0 aliphatic heterocycles. The lowest BCUT2D eigenvalue weighted by atomic mass is 9.98. The van der Waals surface area contributed by atoms with Crippen molar-refractivity contribution in [3.8, 4) is 11.5 Å². The fraction of sp³-hybridized carbons (Fsp3) is 0.148. The summed E-state index contributed by atoms with van der Waals surface area (Å²) >= 11 is 0. The summed E-state index contributed by atoms with van der Waals surface area (Å²) in [6.45, 7) is 0.468. The van der Waals surface area contributed by atoms with Gasteiger partial charge in [0.2, 0.25) is 0 Å². The lowest BCUT2D eigenvalue weighted by Gasteiger charge is -2.20. The van der Waals surface area contributed by atoms with Gasteiger partial charge in [0.15, 0.2) is 0 Å². The van der Waals surface area contributed by atoms with Crippen LogP contribution in [0.25, 0.3) is 0 Å². The van der Waals surface area contributed by atoms with Gasteiger partial charge in [0.25, 0.3) is 11.5 Å². The van der Waals surface area contributed by atoms with Crippen LogP contribution in [-0.2, 0) is 6.54 Å². The van der Waals surface area contributed by atoms with Crippen molar-refractivity contribution < 1.29 is 14.3 Å². The highest BCUT2D eigenvalue weighted by molar-refractivity contribution is 5.92. The average Bonchev–Trinajstić information content (AvgIpc) is 2.89. The number of methoxy groups -OCH3 is 1. The molecular formula is C27H25N3O4. The van der Waals surface area contributed by atoms with Gasteiger partial charge >= 0.3 is 0 Å². The molecule has 7 heteroatoms. The van der Waals surface area contributed by atoms with Crippen molar-refractivity contribution in [2.75, 3.05) is 13.7 Å². The summed E-state index contributed by atoms with van der Waals surface area (Å²) in [6, 6.07) is 28.9. The largest absolute Gasteiger partial charge is 0.497 e. The normalized spacial score (nSPS) is 11.4. The molecule has 1 heterocycles. The maximum Gasteiger partial charge on any atom is 0.272 e. The van der Waals surface area contributed by atoms with Crippen LogP contribution in [0.1, 0.15) is 27.7 Å². The molecule has 0 bridgehead atoms. The highest BCUT2D eigenvalue weighted by atomic mass is 16.5. The molecular weight excluding hydrogens is 430 g/mol. The Labute approximate surface area is 197 Å². The molecule has 0 aliphatic carbocycles. The molecule has 4 aromatic rings. The Morgan fingerprint density at radius 3 is 2.18 bits per heavy atom. The molecule has 0 aliphatic rings. The number of benzene rings is 3. The predicted molar refractivity (Wildman–Crippen MR) is 129 cm³/mol. The number of carbonyl (C=O) groups excluding carboxylic acids is 1. The highest BCUT2D eigenvalue weighted by Gasteiger charge is 2.19. The van der Waals surface area contributed by atoms with Crippen LogP contribution in [-0.4, -0.2) is 29.4 Å². The standard InChI is InChI=1S/C27H25N3O4/c1-33-22-14-12-21(13-15-22)26(20-8-4-2-5-9-20)28-27(32)24-16-17-25(31)30(29-24)18-19-34-23-10-6-3-7-11-23/h2-17,26H,18-19H2,1H3,(H,28,32). The Morgan fingerprint density at radius 1 is 0.853 bits per heavy atom. The molecule has 172 valence electrons. The highest BCUT2D eigenvalue weighted by Crippen LogP contribution is 2.24. The molecule has 4 rings (SSSR count). The van der Waals surface area contributed by atoms with Crippen molar-refractivity contribution in [3.05, 3.63) is 124 Å². The lowest BCUT2D eigenvalue weighted by Crippen LogP contribution is -2.33. The molecule has 1 atom stereocenters. The third-order valence-corrected chi connectivity index (χ3v) is 5.27. The van der Waals surface area contributed by atoms with E-state index in [2.05, 4.69) is 10.4 Å². The SMILES string of the molecule is COc1ccc(C(NC(=O)c2ccc(=O)n(CCOc3ccccc3)n2)c2ccccc2)cc1. The van der Waals surface area contributed by atoms with Crippen LogP contribution in [0, 0.1) is 0 Å². The van der Waals surface area contributed by atoms with Crippen molar-refractivity contribution in [2.24, 2.45) is 0 Å². The minimum Gasteiger partial charge on any atom is -0.497 e. The maximum atomic E-state index is 13.1. The number of nitrogens with one attached hydrogen (secondary N) is 1. The first-order chi connectivity index (χ1) is 16.6. The van der Waals surface area contributed by atoms with E-state index in [4.69, 9.17) is 9.47 Å². The fourth-order valence-corrected chi connectivity index (χ4v) is 3.50. The van der Waals surface area contributed by atoms with Crippen LogP contribution in [0.3, 0.4) is 0 Å². The Bertz CT molecular complexity index is 1270. The van der Waals surface area contributed by atoms with Gasteiger partial charge in [0.1, 0.15) is 23.8 Å². The van der Waals surface area contributed by atoms with Crippen molar-refractivity contribution in [3.63, 3.8) is 0 Å². The maximum absolute atomic E-state index is 13.1. The minimum atomic E-state index is -0.400. The number of rotatable bonds is 9. The van der Waals surface area contributed by atoms with Gasteiger partial charge in [-0.1, -0.05) is 60.7 Å². The number of amides is 1. The van der Waals surface area contributed by atoms with Crippen molar-refractivity contribution in [2.45, 2.75) is 12.6 Å². The summed E-state index contributed by atoms with van der Waals surface area (Å²) in [7, 11) is 1.61. The molecule has 1 amide bonds. The monoisotopic (exact) mass is 455 g/mol. The Hall–Kier alpha value is -4.39. The van der Waals surface area contributed by atoms with E-state index in [1.165, 1.54) is 16.8 Å². The average molecular weight is 456 g/mol. The summed E-state index contributed by atoms with van der Waals surface area (Å²) < 4.78 is 12.1. The van der Waals surface area contributed by atoms with Gasteiger partial charge in [0.05, 0.1) is 19.7 Å². The van der Waals surface area contributed by atoms with Crippen LogP contribution in [0.4, 0.5) is 0 Å². The summed E-state index contributed by atoms with van der Waals surface area (Å²) in [5.41, 5.74) is 1.66. The number of carbonyl (C=O) groups is 1. The number of para-hydroxylation sites is 1. The summed E-state index contributed by atoms with van der Waals surface area (Å²) in [4.78, 5) is 25.4. The topological polar surface area (TPSA) is 82.5 Å². The second kappa shape index (κ2) is 11.0. The van der Waals surface area contributed by atoms with E-state index in [-0.39, 0.29) is 30.3 Å². The van der Waals surface area contributed by atoms with Gasteiger partial charge in [-0.2, -0.15) is 5.10 Å². The number of ether oxygens (including phenoxy) is 2. The van der Waals surface area contributed by atoms with Crippen LogP contribution >= 0.6 is 0 Å². The van der Waals surface area contributed by atoms with Crippen LogP contribution in [0.15, 0.2) is 102 Å². The summed E-state index contributed by atoms with van der Waals surface area (Å²) in [6.07, 6.45) is 0. The molecule has 1 aromatic heterocycles. The fourth-order valence-electron chi connectivity index (χ4n) is 3.50. The van der Waals surface area contributed by atoms with Gasteiger partial charge in [0, 0.05) is 6.07 Å². The Balaban J connectivity index is 1.51. The molecule has 0 radical (unpaired) electrons. The second-order valence-electron chi connectivity index (χ2n) is 7.53. The minimum absolute atomic E-state index is 0.147.